The van der Waals surface area contributed by atoms with Gasteiger partial charge in [0, 0.05) is 13.3 Å². The number of phenolic OH excluding ortho intramolecular Hbond substituents is 1. The Morgan fingerprint density at radius 2 is 1.42 bits per heavy atom. The third kappa shape index (κ3) is 6.31. The number of nitrogens with zero attached hydrogens (tertiary/aromatic N) is 2. The van der Waals surface area contributed by atoms with Crippen LogP contribution in [0.4, 0.5) is 0 Å². The van der Waals surface area contributed by atoms with Crippen LogP contribution in [0.1, 0.15) is 5.01 Å². The highest BCUT2D eigenvalue weighted by atomic mass is 127. The lowest BCUT2D eigenvalue weighted by Crippen LogP contribution is -2.22. The third-order valence-corrected chi connectivity index (χ3v) is 7.31. The van der Waals surface area contributed by atoms with Gasteiger partial charge < -0.3 is 10.2 Å². The lowest BCUT2D eigenvalue weighted by molar-refractivity contribution is -0.110. The number of hydrogen-bond acceptors (Lipinski definition) is 7. The number of phenols is 1. The predicted octanol–water partition coefficient (Wildman–Crippen LogP) is 5.70. The maximum atomic E-state index is 11.1. The average Bonchev–Trinajstić information content (AvgIpc) is 3.51. The molecule has 1 aliphatic carbocycles. The van der Waals surface area contributed by atoms with Crippen molar-refractivity contribution in [2.45, 2.75) is 5.60 Å². The predicted molar refractivity (Wildman–Crippen MR) is 160 cm³/mol. The van der Waals surface area contributed by atoms with Gasteiger partial charge in [-0.05, 0) is 74.2 Å². The van der Waals surface area contributed by atoms with Gasteiger partial charge >= 0.3 is 0 Å². The van der Waals surface area contributed by atoms with Crippen LogP contribution in [0.25, 0.3) is 31.0 Å². The van der Waals surface area contributed by atoms with Gasteiger partial charge in [-0.25, -0.2) is 9.97 Å². The molecule has 2 aromatic heterocycles. The second-order valence-electron chi connectivity index (χ2n) is 7.54. The van der Waals surface area contributed by atoms with Crippen molar-refractivity contribution in [1.82, 2.24) is 9.97 Å². The molecule has 3 aromatic carbocycles. The number of hydrogen-bond donors (Lipinski definition) is 2. The van der Waals surface area contributed by atoms with E-state index in [1.807, 2.05) is 54.6 Å². The normalized spacial score (nSPS) is 13.9. The van der Waals surface area contributed by atoms with Crippen LogP contribution in [0.2, 0.25) is 0 Å². The number of allylic oxidation sites excluding steroid dienone is 2. The fourth-order valence-corrected chi connectivity index (χ4v) is 5.30. The topological polar surface area (TPSA) is 83.3 Å². The molecule has 2 N–H and O–H groups in total. The van der Waals surface area contributed by atoms with Gasteiger partial charge in [-0.3, -0.25) is 4.79 Å². The Kier molecular flexibility index (Phi) is 8.27. The number of fused-ring (bicyclic) bond motifs is 2. The van der Waals surface area contributed by atoms with Crippen molar-refractivity contribution in [3.8, 4) is 16.3 Å². The van der Waals surface area contributed by atoms with Gasteiger partial charge in [0.2, 0.25) is 0 Å². The van der Waals surface area contributed by atoms with Crippen LogP contribution in [0.5, 0.6) is 5.75 Å². The molecule has 0 aliphatic heterocycles. The Morgan fingerprint density at radius 1 is 0.889 bits per heavy atom. The first-order chi connectivity index (χ1) is 17.7. The molecule has 0 spiro atoms. The van der Waals surface area contributed by atoms with Crippen molar-refractivity contribution in [2.24, 2.45) is 0 Å². The molecule has 0 saturated carbocycles. The summed E-state index contributed by atoms with van der Waals surface area (Å²) in [5, 5.41) is 21.2. The number of rotatable bonds is 2. The Labute approximate surface area is 233 Å². The highest BCUT2D eigenvalue weighted by Crippen LogP contribution is 2.33. The lowest BCUT2D eigenvalue weighted by atomic mass is 9.81. The monoisotopic (exact) mass is 622 g/mol. The summed E-state index contributed by atoms with van der Waals surface area (Å²) in [5.74, 6) is 0.167. The van der Waals surface area contributed by atoms with Gasteiger partial charge in [0.15, 0.2) is 11.4 Å². The lowest BCUT2D eigenvalue weighted by Gasteiger charge is -2.19. The minimum atomic E-state index is -1.25. The molecule has 10 heteroatoms. The number of aromatic nitrogens is 2. The second kappa shape index (κ2) is 12.0. The number of halogens is 1. The fourth-order valence-electron chi connectivity index (χ4n) is 3.32. The SMILES string of the molecule is O=C1C=CC(O)(c2nc3ccccc3s2)C=C1.Oc1ccc(-c2nc3ccccc3s2)cc1.[3H]B([B])I. The van der Waals surface area contributed by atoms with E-state index in [0.717, 1.165) is 26.3 Å². The number of benzene rings is 3. The van der Waals surface area contributed by atoms with E-state index in [4.69, 9.17) is 9.07 Å². The largest absolute Gasteiger partial charge is 0.508 e. The number of aliphatic hydroxyl groups is 1. The molecule has 5 aromatic rings. The number of thiazole rings is 2. The summed E-state index contributed by atoms with van der Waals surface area (Å²) in [6.45, 7) is 0. The maximum absolute atomic E-state index is 11.1. The second-order valence-corrected chi connectivity index (χ2v) is 10.3. The van der Waals surface area contributed by atoms with Crippen LogP contribution in [-0.4, -0.2) is 40.0 Å². The zero-order valence-electron chi connectivity index (χ0n) is 19.8. The van der Waals surface area contributed by atoms with Crippen molar-refractivity contribution in [1.29, 1.82) is 1.34 Å². The number of para-hydroxylation sites is 2. The van der Waals surface area contributed by atoms with Crippen LogP contribution in [-0.2, 0) is 10.4 Å². The Bertz CT molecular complexity index is 1500. The number of aromatic hydroxyl groups is 1. The van der Waals surface area contributed by atoms with Crippen LogP contribution in [0.15, 0.2) is 97.1 Å². The molecule has 176 valence electrons. The van der Waals surface area contributed by atoms with Crippen LogP contribution < -0.4 is 0 Å². The summed E-state index contributed by atoms with van der Waals surface area (Å²) in [6.07, 6.45) is 5.69. The van der Waals surface area contributed by atoms with E-state index in [2.05, 4.69) is 16.0 Å². The smallest absolute Gasteiger partial charge is 0.178 e. The Hall–Kier alpha value is -2.79. The molecule has 1 aliphatic rings. The van der Waals surface area contributed by atoms with E-state index in [1.54, 1.807) is 45.8 Å². The molecule has 5 nitrogen and oxygen atoms in total. The van der Waals surface area contributed by atoms with Gasteiger partial charge in [-0.1, -0.05) is 24.3 Å². The van der Waals surface area contributed by atoms with E-state index in [0.29, 0.717) is 5.01 Å². The van der Waals surface area contributed by atoms with Crippen LogP contribution in [0, 0.1) is 0 Å². The van der Waals surface area contributed by atoms with E-state index < -0.39 is 10.6 Å². The van der Waals surface area contributed by atoms with Crippen molar-refractivity contribution in [3.63, 3.8) is 0 Å². The third-order valence-electron chi connectivity index (χ3n) is 5.05. The van der Waals surface area contributed by atoms with Crippen molar-refractivity contribution < 1.29 is 15.0 Å². The quantitative estimate of drug-likeness (QED) is 0.195. The molecule has 2 heterocycles. The first kappa shape index (κ1) is 24.9. The zero-order chi connectivity index (χ0) is 26.4. The molecule has 2 radical (unpaired) electrons. The summed E-state index contributed by atoms with van der Waals surface area (Å²) in [4.78, 5) is 19.5. The molecule has 0 atom stereocenters. The van der Waals surface area contributed by atoms with Crippen molar-refractivity contribution in [3.05, 3.63) is 102 Å². The minimum Gasteiger partial charge on any atom is -0.508 e. The summed E-state index contributed by atoms with van der Waals surface area (Å²) in [6, 6.07) is 22.9. The number of carbonyl (C=O) groups excluding carboxylic acids is 1. The van der Waals surface area contributed by atoms with Gasteiger partial charge in [0.1, 0.15) is 20.8 Å². The van der Waals surface area contributed by atoms with E-state index in [1.165, 1.54) is 40.3 Å². The zero-order valence-corrected chi connectivity index (χ0v) is 22.6. The number of carbonyl (C=O) groups is 1. The molecule has 0 saturated heterocycles. The van der Waals surface area contributed by atoms with Gasteiger partial charge in [0.05, 0.1) is 20.4 Å². The average molecular weight is 622 g/mol. The van der Waals surface area contributed by atoms with Gasteiger partial charge in [0.25, 0.3) is 0 Å². The van der Waals surface area contributed by atoms with E-state index >= 15 is 0 Å². The maximum Gasteiger partial charge on any atom is 0.178 e. The molecule has 6 rings (SSSR count). The fraction of sp³-hybridized carbons (Fsp3) is 0.0385. The number of ketones is 1. The van der Waals surface area contributed by atoms with Crippen molar-refractivity contribution in [2.75, 3.05) is 0 Å². The molecule has 0 unspecified atom stereocenters. The summed E-state index contributed by atoms with van der Waals surface area (Å²) < 4.78 is 8.56. The summed E-state index contributed by atoms with van der Waals surface area (Å²) in [5.41, 5.74) is 1.67. The van der Waals surface area contributed by atoms with E-state index in [-0.39, 0.29) is 11.5 Å². The highest BCUT2D eigenvalue weighted by Gasteiger charge is 2.29. The van der Waals surface area contributed by atoms with Gasteiger partial charge in [-0.15, -0.1) is 22.7 Å². The Morgan fingerprint density at radius 3 is 1.97 bits per heavy atom. The first-order valence-corrected chi connectivity index (χ1v) is 13.6. The molecular formula is C26H19B2IN2O3S2. The highest BCUT2D eigenvalue weighted by molar-refractivity contribution is 14.1. The summed E-state index contributed by atoms with van der Waals surface area (Å²) in [7, 11) is 4.76. The molecular weight excluding hydrogens is 601 g/mol. The summed E-state index contributed by atoms with van der Waals surface area (Å²) >= 11 is 4.88. The Balaban J connectivity index is 0.000000152. The van der Waals surface area contributed by atoms with Gasteiger partial charge in [-0.2, -0.15) is 22.4 Å². The molecule has 0 fully saturated rings. The van der Waals surface area contributed by atoms with Crippen molar-refractivity contribution >= 4 is 84.0 Å². The first-order valence-electron chi connectivity index (χ1n) is 11.3. The van der Waals surface area contributed by atoms with Crippen LogP contribution >= 0.6 is 45.0 Å². The van der Waals surface area contributed by atoms with Crippen LogP contribution in [0.3, 0.4) is 0 Å². The molecule has 0 bridgehead atoms. The minimum absolute atomic E-state index is 0.115. The molecule has 0 amide bonds. The van der Waals surface area contributed by atoms with E-state index in [9.17, 15) is 15.0 Å². The molecule has 36 heavy (non-hydrogen) atoms. The standard InChI is InChI=1S/C13H9NO2S.C13H9NOS.B2HI/c15-9-5-7-13(16,8-6-9)12-14-10-3-1-2-4-11(10)17-12;15-10-7-5-9(6-8-10)13-14-11-3-1-2-4-12(11)16-13;1-2-3/h1-8,16H;1-8,15H;2H/i;;2T.